The molecule has 0 spiro atoms. The van der Waals surface area contributed by atoms with E-state index >= 15 is 0 Å². The van der Waals surface area contributed by atoms with E-state index in [1.165, 1.54) is 18.1 Å². The largest absolute Gasteiger partial charge is 0.345 e. The summed E-state index contributed by atoms with van der Waals surface area (Å²) < 4.78 is 60.7. The van der Waals surface area contributed by atoms with E-state index in [2.05, 4.69) is 6.92 Å². The molecule has 0 radical (unpaired) electrons. The van der Waals surface area contributed by atoms with Gasteiger partial charge in [-0.3, -0.25) is 0 Å². The lowest BCUT2D eigenvalue weighted by atomic mass is 9.79. The summed E-state index contributed by atoms with van der Waals surface area (Å²) in [6.45, 7) is 2.20. The second-order valence-electron chi connectivity index (χ2n) is 5.77. The Morgan fingerprint density at radius 3 is 1.90 bits per heavy atom. The molecule has 1 aliphatic carbocycles. The topological polar surface area (TPSA) is 0 Å². The number of hydrogen-bond donors (Lipinski definition) is 0. The Labute approximate surface area is 121 Å². The fraction of sp³-hybridized carbons (Fsp3) is 0.467. The third kappa shape index (κ3) is 5.58. The number of halogens is 5. The van der Waals surface area contributed by atoms with Crippen molar-refractivity contribution in [2.24, 2.45) is 5.92 Å². The van der Waals surface area contributed by atoms with Crippen LogP contribution < -0.4 is 0 Å². The first kappa shape index (κ1) is 16.2. The maximum Gasteiger partial charge on any atom is 0.345 e. The molecule has 2 rings (SSSR count). The normalized spacial score (nSPS) is 26.2. The summed E-state index contributed by atoms with van der Waals surface area (Å²) in [5.41, 5.74) is 0.996. The van der Waals surface area contributed by atoms with Crippen LogP contribution in [-0.4, -0.2) is 0 Å². The van der Waals surface area contributed by atoms with Gasteiger partial charge in [0.15, 0.2) is 0 Å². The van der Waals surface area contributed by atoms with Crippen LogP contribution >= 0.6 is 10.2 Å². The van der Waals surface area contributed by atoms with Gasteiger partial charge in [-0.2, -0.15) is 0 Å². The van der Waals surface area contributed by atoms with E-state index in [4.69, 9.17) is 0 Å². The van der Waals surface area contributed by atoms with Crippen molar-refractivity contribution in [1.29, 1.82) is 0 Å². The average molecular weight is 324 g/mol. The summed E-state index contributed by atoms with van der Waals surface area (Å²) in [5.74, 6) is 2.64. The molecule has 0 unspecified atom stereocenters. The molecule has 6 heteroatoms. The lowest BCUT2D eigenvalue weighted by Gasteiger charge is -2.33. The van der Waals surface area contributed by atoms with Gasteiger partial charge in [-0.05, 0) is 48.3 Å². The fourth-order valence-corrected chi connectivity index (χ4v) is 2.90. The molecular formula is C15H17F5S. The Kier molecular flexibility index (Phi) is 3.57. The molecule has 1 fully saturated rings. The van der Waals surface area contributed by atoms with Gasteiger partial charge in [0.25, 0.3) is 0 Å². The van der Waals surface area contributed by atoms with Gasteiger partial charge < -0.3 is 0 Å². The first-order valence-corrected chi connectivity index (χ1v) is 8.75. The van der Waals surface area contributed by atoms with Crippen LogP contribution in [-0.2, 0) is 0 Å². The van der Waals surface area contributed by atoms with Crippen molar-refractivity contribution in [3.8, 4) is 11.2 Å². The van der Waals surface area contributed by atoms with Crippen LogP contribution in [0, 0.1) is 17.1 Å². The van der Waals surface area contributed by atoms with Crippen LogP contribution in [0.15, 0.2) is 24.3 Å². The number of benzene rings is 1. The summed E-state index contributed by atoms with van der Waals surface area (Å²) in [5, 5.41) is 0.230. The monoisotopic (exact) mass is 324 g/mol. The number of rotatable bonds is 1. The summed E-state index contributed by atoms with van der Waals surface area (Å²) in [4.78, 5) is 0. The highest BCUT2D eigenvalue weighted by Gasteiger charge is 2.62. The van der Waals surface area contributed by atoms with Crippen LogP contribution in [0.4, 0.5) is 19.4 Å². The lowest BCUT2D eigenvalue weighted by Crippen LogP contribution is -2.10. The third-order valence-corrected chi connectivity index (χ3v) is 4.27. The molecule has 1 aromatic carbocycles. The second kappa shape index (κ2) is 4.64. The predicted molar refractivity (Wildman–Crippen MR) is 76.8 cm³/mol. The van der Waals surface area contributed by atoms with Crippen LogP contribution in [0.5, 0.6) is 0 Å². The molecule has 21 heavy (non-hydrogen) atoms. The maximum atomic E-state index is 12.1. The molecule has 1 aliphatic rings. The van der Waals surface area contributed by atoms with Gasteiger partial charge in [0, 0.05) is 5.56 Å². The zero-order chi connectivity index (χ0) is 15.8. The fourth-order valence-electron chi connectivity index (χ4n) is 2.59. The molecule has 0 N–H and O–H groups in total. The standard InChI is InChI=1S/C15H17F5S/c1-12-2-6-14(7-3-12)15-8-4-13(5-9-15)10-11-21(16,17,18,19)20/h4-5,8-9,12,14H,2-3,6-7H2,1H3. The van der Waals surface area contributed by atoms with E-state index in [1.54, 1.807) is 12.1 Å². The third-order valence-electron chi connectivity index (χ3n) is 3.79. The van der Waals surface area contributed by atoms with Crippen molar-refractivity contribution < 1.29 is 19.4 Å². The molecule has 1 saturated carbocycles. The van der Waals surface area contributed by atoms with Crippen LogP contribution in [0.1, 0.15) is 49.7 Å². The molecule has 0 nitrogen and oxygen atoms in total. The minimum atomic E-state index is -9.65. The van der Waals surface area contributed by atoms with Crippen molar-refractivity contribution in [3.05, 3.63) is 35.4 Å². The van der Waals surface area contributed by atoms with Gasteiger partial charge >= 0.3 is 10.2 Å². The van der Waals surface area contributed by atoms with Crippen molar-refractivity contribution in [2.75, 3.05) is 0 Å². The minimum absolute atomic E-state index is 0.0452. The van der Waals surface area contributed by atoms with E-state index in [0.717, 1.165) is 31.2 Å². The van der Waals surface area contributed by atoms with Gasteiger partial charge in [0.05, 0.1) is 5.25 Å². The zero-order valence-electron chi connectivity index (χ0n) is 11.6. The molecule has 0 amide bonds. The molecule has 0 aliphatic heterocycles. The highest BCUT2D eigenvalue weighted by molar-refractivity contribution is 8.49. The maximum absolute atomic E-state index is 12.1. The summed E-state index contributed by atoms with van der Waals surface area (Å²) >= 11 is 0. The quantitative estimate of drug-likeness (QED) is 0.404. The molecule has 0 atom stereocenters. The van der Waals surface area contributed by atoms with Crippen LogP contribution in [0.25, 0.3) is 0 Å². The van der Waals surface area contributed by atoms with Crippen molar-refractivity contribution in [1.82, 2.24) is 0 Å². The first-order valence-electron chi connectivity index (χ1n) is 6.80. The number of hydrogen-bond acceptors (Lipinski definition) is 0. The average Bonchev–Trinajstić information content (AvgIpc) is 2.36. The van der Waals surface area contributed by atoms with Gasteiger partial charge in [-0.25, -0.2) is 0 Å². The molecule has 0 saturated heterocycles. The summed E-state index contributed by atoms with van der Waals surface area (Å²) in [6, 6.07) is 6.14. The molecule has 0 aromatic heterocycles. The van der Waals surface area contributed by atoms with Gasteiger partial charge in [-0.15, -0.1) is 0 Å². The van der Waals surface area contributed by atoms with Crippen LogP contribution in [0.3, 0.4) is 0 Å². The van der Waals surface area contributed by atoms with Gasteiger partial charge in [0.2, 0.25) is 0 Å². The van der Waals surface area contributed by atoms with E-state index < -0.39 is 10.2 Å². The SMILES string of the molecule is CC1CCC(c2ccc(C#CS(F)(F)(F)(F)F)cc2)CC1. The molecule has 1 aromatic rings. The summed E-state index contributed by atoms with van der Waals surface area (Å²) in [6.07, 6.45) is 4.38. The Morgan fingerprint density at radius 1 is 0.905 bits per heavy atom. The lowest BCUT2D eigenvalue weighted by molar-refractivity contribution is 0.348. The van der Waals surface area contributed by atoms with Crippen molar-refractivity contribution >= 4 is 10.2 Å². The van der Waals surface area contributed by atoms with Gasteiger partial charge in [-0.1, -0.05) is 51.3 Å². The van der Waals surface area contributed by atoms with Crippen LogP contribution in [0.2, 0.25) is 0 Å². The second-order valence-corrected chi connectivity index (χ2v) is 7.92. The Balaban J connectivity index is 2.12. The highest BCUT2D eigenvalue weighted by Crippen LogP contribution is 2.97. The minimum Gasteiger partial charge on any atom is -0.0873 e. The van der Waals surface area contributed by atoms with E-state index in [0.29, 0.717) is 11.8 Å². The van der Waals surface area contributed by atoms with E-state index in [9.17, 15) is 19.4 Å². The Morgan fingerprint density at radius 2 is 1.43 bits per heavy atom. The Bertz CT molecular complexity index is 568. The smallest absolute Gasteiger partial charge is 0.0873 e. The molecule has 0 heterocycles. The van der Waals surface area contributed by atoms with Crippen molar-refractivity contribution in [2.45, 2.75) is 38.5 Å². The molecule has 118 valence electrons. The van der Waals surface area contributed by atoms with E-state index in [1.807, 2.05) is 0 Å². The van der Waals surface area contributed by atoms with E-state index in [-0.39, 0.29) is 10.8 Å². The Hall–Kier alpha value is -1.22. The molecule has 0 bridgehead atoms. The highest BCUT2D eigenvalue weighted by atomic mass is 32.5. The first-order chi connectivity index (χ1) is 9.41. The zero-order valence-corrected chi connectivity index (χ0v) is 12.4. The van der Waals surface area contributed by atoms with Crippen molar-refractivity contribution in [3.63, 3.8) is 0 Å². The summed E-state index contributed by atoms with van der Waals surface area (Å²) in [7, 11) is -9.65. The molecular weight excluding hydrogens is 307 g/mol. The predicted octanol–water partition coefficient (Wildman–Crippen LogP) is 6.59. The van der Waals surface area contributed by atoms with Gasteiger partial charge in [0.1, 0.15) is 0 Å².